The Morgan fingerprint density at radius 3 is 1.57 bits per heavy atom. The van der Waals surface area contributed by atoms with E-state index in [-0.39, 0.29) is 0 Å². The monoisotopic (exact) mass is 326 g/mol. The predicted molar refractivity (Wildman–Crippen MR) is 68.6 cm³/mol. The second-order valence-electron chi connectivity index (χ2n) is 2.57. The third-order valence-corrected chi connectivity index (χ3v) is 5.15. The number of halogens is 6. The van der Waals surface area contributed by atoms with Gasteiger partial charge >= 0.3 is 6.00 Å². The van der Waals surface area contributed by atoms with Gasteiger partial charge in [0.2, 0.25) is 3.79 Å². The molecule has 0 N–H and O–H groups in total. The Balaban J connectivity index is 3.02. The van der Waals surface area contributed by atoms with Gasteiger partial charge in [-0.05, 0) is 5.19 Å². The summed E-state index contributed by atoms with van der Waals surface area (Å²) >= 11 is 34.4. The van der Waals surface area contributed by atoms with Crippen LogP contribution in [0.15, 0.2) is 24.3 Å². The van der Waals surface area contributed by atoms with Crippen LogP contribution in [0.1, 0.15) is 5.56 Å². The summed E-state index contributed by atoms with van der Waals surface area (Å²) in [5.41, 5.74) is 0.550. The summed E-state index contributed by atoms with van der Waals surface area (Å²) in [5, 5.41) is 0.667. The fourth-order valence-corrected chi connectivity index (χ4v) is 2.90. The first-order valence-electron chi connectivity index (χ1n) is 3.46. The van der Waals surface area contributed by atoms with Gasteiger partial charge < -0.3 is 0 Å². The topological polar surface area (TPSA) is 0 Å². The molecule has 78 valence electrons. The zero-order valence-corrected chi connectivity index (χ0v) is 12.1. The Hall–Kier alpha value is 1.18. The van der Waals surface area contributed by atoms with E-state index in [1.807, 2.05) is 0 Å². The summed E-state index contributed by atoms with van der Waals surface area (Å²) in [5.74, 6) is 0. The van der Waals surface area contributed by atoms with E-state index >= 15 is 0 Å². The first-order chi connectivity index (χ1) is 6.21. The molecule has 7 heteroatoms. The van der Waals surface area contributed by atoms with Crippen molar-refractivity contribution in [1.29, 1.82) is 0 Å². The lowest BCUT2D eigenvalue weighted by Crippen LogP contribution is -2.29. The lowest BCUT2D eigenvalue weighted by molar-refractivity contribution is 1.25. The van der Waals surface area contributed by atoms with Crippen LogP contribution in [-0.4, -0.2) is 6.00 Å². The molecule has 0 aliphatic rings. The average molecular weight is 329 g/mol. The van der Waals surface area contributed by atoms with Crippen molar-refractivity contribution >= 4 is 79.2 Å². The van der Waals surface area contributed by atoms with Gasteiger partial charge in [0.1, 0.15) is 0 Å². The highest BCUT2D eigenvalue weighted by atomic mass is 35.8. The third-order valence-electron chi connectivity index (χ3n) is 1.54. The molecular weight excluding hydrogens is 325 g/mol. The molecule has 1 aromatic carbocycles. The summed E-state index contributed by atoms with van der Waals surface area (Å²) in [6, 6.07) is 3.77. The van der Waals surface area contributed by atoms with Gasteiger partial charge in [-0.1, -0.05) is 59.1 Å². The van der Waals surface area contributed by atoms with Gasteiger partial charge in [0.15, 0.2) is 0 Å². The van der Waals surface area contributed by atoms with Crippen LogP contribution in [0.2, 0.25) is 0 Å². The van der Waals surface area contributed by atoms with Crippen molar-refractivity contribution in [2.24, 2.45) is 0 Å². The number of hydrogen-bond acceptors (Lipinski definition) is 0. The molecule has 0 nitrogen and oxygen atoms in total. The quantitative estimate of drug-likeness (QED) is 0.408. The van der Waals surface area contributed by atoms with E-state index in [1.165, 1.54) is 0 Å². The standard InChI is InChI=1S/C7H4Cl6Si/c8-7(9,10)5-1-3-6(4-2-5)14(11,12)13/h1-4H. The smallest absolute Gasteiger partial charge is 0.121 e. The van der Waals surface area contributed by atoms with Gasteiger partial charge in [0.05, 0.1) is 0 Å². The highest BCUT2D eigenvalue weighted by molar-refractivity contribution is 7.69. The molecule has 0 saturated heterocycles. The highest BCUT2D eigenvalue weighted by Gasteiger charge is 2.29. The van der Waals surface area contributed by atoms with Crippen LogP contribution in [0.3, 0.4) is 0 Å². The third kappa shape index (κ3) is 3.64. The molecule has 0 aromatic heterocycles. The first-order valence-corrected chi connectivity index (χ1v) is 9.62. The van der Waals surface area contributed by atoms with Crippen molar-refractivity contribution in [3.05, 3.63) is 29.8 Å². The molecule has 1 aromatic rings. The van der Waals surface area contributed by atoms with E-state index in [9.17, 15) is 0 Å². The molecule has 0 saturated carbocycles. The van der Waals surface area contributed by atoms with E-state index in [4.69, 9.17) is 68.0 Å². The zero-order chi connectivity index (χ0) is 11.0. The van der Waals surface area contributed by atoms with Crippen LogP contribution in [0.5, 0.6) is 0 Å². The maximum absolute atomic E-state index is 5.80. The van der Waals surface area contributed by atoms with Crippen molar-refractivity contribution in [2.45, 2.75) is 3.79 Å². The predicted octanol–water partition coefficient (Wildman–Crippen LogP) is 4.38. The Morgan fingerprint density at radius 1 is 0.857 bits per heavy atom. The fourth-order valence-electron chi connectivity index (χ4n) is 0.848. The lowest BCUT2D eigenvalue weighted by Gasteiger charge is -2.13. The molecule has 0 unspecified atom stereocenters. The van der Waals surface area contributed by atoms with Crippen LogP contribution in [0.4, 0.5) is 0 Å². The normalized spacial score (nSPS) is 13.0. The van der Waals surface area contributed by atoms with Crippen molar-refractivity contribution in [3.63, 3.8) is 0 Å². The van der Waals surface area contributed by atoms with E-state index in [0.717, 1.165) is 0 Å². The summed E-state index contributed by atoms with van der Waals surface area (Å²) in [6.07, 6.45) is 0. The minimum absolute atomic E-state index is 0.550. The Bertz CT molecular complexity index is 275. The van der Waals surface area contributed by atoms with Crippen molar-refractivity contribution in [2.75, 3.05) is 0 Å². The second-order valence-corrected chi connectivity index (χ2v) is 13.3. The molecule has 1 rings (SSSR count). The summed E-state index contributed by atoms with van der Waals surface area (Å²) in [7, 11) is 0. The van der Waals surface area contributed by atoms with Gasteiger partial charge in [0, 0.05) is 5.56 Å². The molecule has 0 fully saturated rings. The molecule has 0 spiro atoms. The molecule has 0 atom stereocenters. The van der Waals surface area contributed by atoms with Gasteiger partial charge in [-0.15, -0.1) is 33.2 Å². The summed E-state index contributed by atoms with van der Waals surface area (Å²) in [4.78, 5) is 0. The number of benzene rings is 1. The molecule has 0 radical (unpaired) electrons. The second kappa shape index (κ2) is 4.58. The molecule has 0 bridgehead atoms. The van der Waals surface area contributed by atoms with Crippen LogP contribution in [-0.2, 0) is 3.79 Å². The average Bonchev–Trinajstić information content (AvgIpc) is 2.01. The Morgan fingerprint density at radius 2 is 1.29 bits per heavy atom. The van der Waals surface area contributed by atoms with E-state index < -0.39 is 9.80 Å². The maximum atomic E-state index is 5.80. The van der Waals surface area contributed by atoms with Crippen LogP contribution >= 0.6 is 68.0 Å². The van der Waals surface area contributed by atoms with E-state index in [1.54, 1.807) is 24.3 Å². The largest absolute Gasteiger partial charge is 0.372 e. The minimum atomic E-state index is -2.83. The molecular formula is C7H4Cl6Si. The number of hydrogen-bond donors (Lipinski definition) is 0. The SMILES string of the molecule is ClC(Cl)(Cl)c1ccc([Si](Cl)(Cl)Cl)cc1. The van der Waals surface area contributed by atoms with Gasteiger partial charge in [-0.25, -0.2) is 0 Å². The molecule has 0 aliphatic heterocycles. The molecule has 14 heavy (non-hydrogen) atoms. The molecule has 0 aliphatic carbocycles. The van der Waals surface area contributed by atoms with E-state index in [0.29, 0.717) is 10.8 Å². The Kier molecular flexibility index (Phi) is 4.33. The molecule has 0 amide bonds. The van der Waals surface area contributed by atoms with E-state index in [2.05, 4.69) is 0 Å². The van der Waals surface area contributed by atoms with Crippen molar-refractivity contribution in [3.8, 4) is 0 Å². The minimum Gasteiger partial charge on any atom is -0.121 e. The summed E-state index contributed by atoms with van der Waals surface area (Å²) < 4.78 is -1.44. The number of rotatable bonds is 1. The first kappa shape index (κ1) is 13.2. The van der Waals surface area contributed by atoms with Gasteiger partial charge in [-0.2, -0.15) is 0 Å². The molecule has 0 heterocycles. The highest BCUT2D eigenvalue weighted by Crippen LogP contribution is 2.37. The van der Waals surface area contributed by atoms with Gasteiger partial charge in [-0.3, -0.25) is 0 Å². The summed E-state index contributed by atoms with van der Waals surface area (Å²) in [6.45, 7) is 0. The zero-order valence-electron chi connectivity index (χ0n) is 6.58. The Labute approximate surface area is 112 Å². The van der Waals surface area contributed by atoms with Gasteiger partial charge in [0.25, 0.3) is 0 Å². The van der Waals surface area contributed by atoms with Crippen LogP contribution in [0, 0.1) is 0 Å². The fraction of sp³-hybridized carbons (Fsp3) is 0.143. The maximum Gasteiger partial charge on any atom is 0.372 e. The lowest BCUT2D eigenvalue weighted by atomic mass is 10.2. The van der Waals surface area contributed by atoms with Crippen molar-refractivity contribution < 1.29 is 0 Å². The van der Waals surface area contributed by atoms with Crippen molar-refractivity contribution in [1.82, 2.24) is 0 Å². The number of alkyl halides is 3. The van der Waals surface area contributed by atoms with Crippen LogP contribution in [0.25, 0.3) is 0 Å². The van der Waals surface area contributed by atoms with Crippen LogP contribution < -0.4 is 5.19 Å².